The lowest BCUT2D eigenvalue weighted by Crippen LogP contribution is -2.58. The summed E-state index contributed by atoms with van der Waals surface area (Å²) >= 11 is 0. The van der Waals surface area contributed by atoms with E-state index in [0.717, 1.165) is 13.0 Å². The normalized spacial score (nSPS) is 20.9. The molecule has 114 valence electrons. The van der Waals surface area contributed by atoms with Gasteiger partial charge in [-0.2, -0.15) is 5.10 Å². The third-order valence-corrected chi connectivity index (χ3v) is 5.02. The van der Waals surface area contributed by atoms with E-state index in [9.17, 15) is 0 Å². The monoisotopic (exact) mass is 278 g/mol. The number of aryl methyl sites for hydroxylation is 1. The van der Waals surface area contributed by atoms with E-state index in [1.165, 1.54) is 44.1 Å². The zero-order valence-corrected chi connectivity index (χ0v) is 13.3. The number of nitrogens with two attached hydrogens (primary N) is 1. The zero-order valence-electron chi connectivity index (χ0n) is 13.3. The van der Waals surface area contributed by atoms with Gasteiger partial charge in [0.1, 0.15) is 0 Å². The van der Waals surface area contributed by atoms with Crippen molar-refractivity contribution < 1.29 is 0 Å². The van der Waals surface area contributed by atoms with E-state index in [4.69, 9.17) is 5.73 Å². The molecular formula is C16H30N4. The highest BCUT2D eigenvalue weighted by Gasteiger charge is 2.38. The lowest BCUT2D eigenvalue weighted by molar-refractivity contribution is 0.0968. The van der Waals surface area contributed by atoms with Gasteiger partial charge in [-0.25, -0.2) is 0 Å². The molecular weight excluding hydrogens is 248 g/mol. The molecule has 0 amide bonds. The Bertz CT molecular complexity index is 402. The van der Waals surface area contributed by atoms with Crippen molar-refractivity contribution in [3.8, 4) is 0 Å². The van der Waals surface area contributed by atoms with Crippen molar-refractivity contribution in [3.63, 3.8) is 0 Å². The molecule has 1 atom stereocenters. The van der Waals surface area contributed by atoms with Gasteiger partial charge in [-0.1, -0.05) is 25.7 Å². The molecule has 1 aliphatic rings. The molecule has 4 nitrogen and oxygen atoms in total. The van der Waals surface area contributed by atoms with Crippen LogP contribution in [0, 0.1) is 0 Å². The number of aromatic nitrogens is 2. The van der Waals surface area contributed by atoms with Crippen molar-refractivity contribution in [2.75, 3.05) is 14.1 Å². The first kappa shape index (κ1) is 15.5. The molecule has 2 rings (SSSR count). The summed E-state index contributed by atoms with van der Waals surface area (Å²) in [6.45, 7) is 3.04. The Morgan fingerprint density at radius 1 is 1.30 bits per heavy atom. The minimum absolute atomic E-state index is 0.158. The average molecular weight is 278 g/mol. The van der Waals surface area contributed by atoms with Gasteiger partial charge in [0.05, 0.1) is 6.20 Å². The Kier molecular flexibility index (Phi) is 5.22. The van der Waals surface area contributed by atoms with Crippen LogP contribution in [-0.2, 0) is 13.0 Å². The maximum Gasteiger partial charge on any atom is 0.0522 e. The van der Waals surface area contributed by atoms with E-state index in [-0.39, 0.29) is 11.6 Å². The second-order valence-electron chi connectivity index (χ2n) is 6.43. The highest BCUT2D eigenvalue weighted by Crippen LogP contribution is 2.34. The number of hydrogen-bond donors (Lipinski definition) is 1. The van der Waals surface area contributed by atoms with Gasteiger partial charge in [-0.15, -0.1) is 0 Å². The van der Waals surface area contributed by atoms with Gasteiger partial charge in [0.15, 0.2) is 0 Å². The Labute approximate surface area is 123 Å². The quantitative estimate of drug-likeness (QED) is 0.842. The first-order valence-corrected chi connectivity index (χ1v) is 8.03. The van der Waals surface area contributed by atoms with Crippen LogP contribution >= 0.6 is 0 Å². The highest BCUT2D eigenvalue weighted by molar-refractivity contribution is 5.11. The molecule has 1 heterocycles. The van der Waals surface area contributed by atoms with Crippen molar-refractivity contribution >= 4 is 0 Å². The molecule has 0 radical (unpaired) electrons. The molecule has 0 saturated heterocycles. The molecule has 2 N–H and O–H groups in total. The number of likely N-dealkylation sites (N-methyl/N-ethyl adjacent to an activating group) is 1. The van der Waals surface area contributed by atoms with Crippen molar-refractivity contribution in [1.29, 1.82) is 0 Å². The third kappa shape index (κ3) is 3.23. The molecule has 0 spiro atoms. The Hall–Kier alpha value is -0.870. The molecule has 20 heavy (non-hydrogen) atoms. The first-order chi connectivity index (χ1) is 9.58. The van der Waals surface area contributed by atoms with E-state index >= 15 is 0 Å². The second-order valence-corrected chi connectivity index (χ2v) is 6.43. The van der Waals surface area contributed by atoms with Gasteiger partial charge in [-0.05, 0) is 45.8 Å². The molecule has 1 saturated carbocycles. The lowest BCUT2D eigenvalue weighted by atomic mass is 9.79. The van der Waals surface area contributed by atoms with Crippen molar-refractivity contribution in [2.45, 2.75) is 70.0 Å². The van der Waals surface area contributed by atoms with E-state index in [1.807, 2.05) is 10.9 Å². The average Bonchev–Trinajstić information content (AvgIpc) is 2.73. The summed E-state index contributed by atoms with van der Waals surface area (Å²) in [5.74, 6) is 0. The number of hydrogen-bond acceptors (Lipinski definition) is 3. The van der Waals surface area contributed by atoms with Gasteiger partial charge >= 0.3 is 0 Å². The summed E-state index contributed by atoms with van der Waals surface area (Å²) in [7, 11) is 4.39. The Morgan fingerprint density at radius 3 is 2.45 bits per heavy atom. The zero-order chi connectivity index (χ0) is 14.6. The maximum atomic E-state index is 6.66. The van der Waals surface area contributed by atoms with Crippen molar-refractivity contribution in [1.82, 2.24) is 14.7 Å². The van der Waals surface area contributed by atoms with E-state index in [0.29, 0.717) is 0 Å². The van der Waals surface area contributed by atoms with Crippen LogP contribution in [0.15, 0.2) is 12.4 Å². The van der Waals surface area contributed by atoms with Crippen LogP contribution in [0.4, 0.5) is 0 Å². The number of rotatable bonds is 5. The Balaban J connectivity index is 2.11. The van der Waals surface area contributed by atoms with E-state index in [1.54, 1.807) is 0 Å². The molecule has 4 heteroatoms. The van der Waals surface area contributed by atoms with Gasteiger partial charge in [0.25, 0.3) is 0 Å². The summed E-state index contributed by atoms with van der Waals surface area (Å²) in [5, 5.41) is 4.37. The summed E-state index contributed by atoms with van der Waals surface area (Å²) < 4.78 is 1.98. The lowest BCUT2D eigenvalue weighted by Gasteiger charge is -2.44. The highest BCUT2D eigenvalue weighted by atomic mass is 15.3. The fourth-order valence-corrected chi connectivity index (χ4v) is 3.62. The molecule has 0 aliphatic heterocycles. The predicted octanol–water partition coefficient (Wildman–Crippen LogP) is 2.43. The van der Waals surface area contributed by atoms with Crippen LogP contribution in [0.1, 0.15) is 51.0 Å². The summed E-state index contributed by atoms with van der Waals surface area (Å²) in [6, 6.07) is 0.185. The van der Waals surface area contributed by atoms with E-state index < -0.39 is 0 Å². The fraction of sp³-hybridized carbons (Fsp3) is 0.812. The summed E-state index contributed by atoms with van der Waals surface area (Å²) in [6.07, 6.45) is 12.8. The second kappa shape index (κ2) is 6.72. The fourth-order valence-electron chi connectivity index (χ4n) is 3.62. The molecule has 1 unspecified atom stereocenters. The molecule has 1 aliphatic carbocycles. The van der Waals surface area contributed by atoms with Crippen molar-refractivity contribution in [2.24, 2.45) is 5.73 Å². The molecule has 1 aromatic heterocycles. The van der Waals surface area contributed by atoms with Gasteiger partial charge in [0, 0.05) is 24.3 Å². The standard InChI is InChI=1S/C16H30N4/c1-4-20-13-14(12-18-20)11-15(17)16(19(2)3)9-7-5-6-8-10-16/h12-13,15H,4-11,17H2,1-3H3. The van der Waals surface area contributed by atoms with Crippen LogP contribution in [-0.4, -0.2) is 40.4 Å². The number of nitrogens with zero attached hydrogens (tertiary/aromatic N) is 3. The maximum absolute atomic E-state index is 6.66. The summed E-state index contributed by atoms with van der Waals surface area (Å²) in [4.78, 5) is 2.38. The van der Waals surface area contributed by atoms with Gasteiger partial charge in [0.2, 0.25) is 0 Å². The van der Waals surface area contributed by atoms with Crippen LogP contribution in [0.5, 0.6) is 0 Å². The largest absolute Gasteiger partial charge is 0.326 e. The van der Waals surface area contributed by atoms with Crippen LogP contribution < -0.4 is 5.73 Å². The predicted molar refractivity (Wildman–Crippen MR) is 83.7 cm³/mol. The SMILES string of the molecule is CCn1cc(CC(N)C2(N(C)C)CCCCCC2)cn1. The minimum atomic E-state index is 0.158. The molecule has 1 aromatic rings. The van der Waals surface area contributed by atoms with E-state index in [2.05, 4.69) is 37.2 Å². The molecule has 0 bridgehead atoms. The smallest absolute Gasteiger partial charge is 0.0522 e. The van der Waals surface area contributed by atoms with Crippen LogP contribution in [0.3, 0.4) is 0 Å². The Morgan fingerprint density at radius 2 is 1.95 bits per heavy atom. The van der Waals surface area contributed by atoms with Crippen molar-refractivity contribution in [3.05, 3.63) is 18.0 Å². The summed E-state index contributed by atoms with van der Waals surface area (Å²) in [5.41, 5.74) is 8.08. The minimum Gasteiger partial charge on any atom is -0.326 e. The van der Waals surface area contributed by atoms with Gasteiger partial charge in [-0.3, -0.25) is 4.68 Å². The molecule has 0 aromatic carbocycles. The van der Waals surface area contributed by atoms with Gasteiger partial charge < -0.3 is 10.6 Å². The topological polar surface area (TPSA) is 47.1 Å². The van der Waals surface area contributed by atoms with Crippen LogP contribution in [0.2, 0.25) is 0 Å². The van der Waals surface area contributed by atoms with Crippen LogP contribution in [0.25, 0.3) is 0 Å². The first-order valence-electron chi connectivity index (χ1n) is 8.03. The third-order valence-electron chi connectivity index (χ3n) is 5.02. The molecule has 1 fully saturated rings.